The molecule has 0 radical (unpaired) electrons. The minimum atomic E-state index is -4.26. The molecule has 1 aromatic carbocycles. The van der Waals surface area contributed by atoms with E-state index in [9.17, 15) is 13.2 Å². The molecule has 0 bridgehead atoms. The Morgan fingerprint density at radius 1 is 1.20 bits per heavy atom. The van der Waals surface area contributed by atoms with E-state index in [1.165, 1.54) is 0 Å². The number of hydrogen-bond donors (Lipinski definition) is 1. The fourth-order valence-corrected chi connectivity index (χ4v) is 2.07. The van der Waals surface area contributed by atoms with Gasteiger partial charge in [-0.2, -0.15) is 13.2 Å². The summed E-state index contributed by atoms with van der Waals surface area (Å²) in [6.07, 6.45) is -1.86. The van der Waals surface area contributed by atoms with E-state index < -0.39 is 12.8 Å². The van der Waals surface area contributed by atoms with Gasteiger partial charge in [0, 0.05) is 24.9 Å². The van der Waals surface area contributed by atoms with Crippen molar-refractivity contribution in [3.05, 3.63) is 36.0 Å². The van der Waals surface area contributed by atoms with Crippen molar-refractivity contribution in [3.8, 4) is 0 Å². The third-order valence-electron chi connectivity index (χ3n) is 2.97. The molecule has 0 unspecified atom stereocenters. The second-order valence-corrected chi connectivity index (χ2v) is 4.58. The maximum Gasteiger partial charge on any atom is 0.411 e. The molecule has 3 nitrogen and oxygen atoms in total. The standard InChI is InChI=1S/C14H16F3NO2/c15-14(16,17)10-20-7-1-5-18-6-4-12-8-11(9-19)2-3-13(12)18/h2-4,6,8,19H,1,5,7,9-10H2. The predicted molar refractivity (Wildman–Crippen MR) is 69.4 cm³/mol. The van der Waals surface area contributed by atoms with Crippen LogP contribution in [0.25, 0.3) is 10.9 Å². The van der Waals surface area contributed by atoms with Crippen LogP contribution >= 0.6 is 0 Å². The third kappa shape index (κ3) is 3.98. The minimum absolute atomic E-state index is 0.00754. The lowest BCUT2D eigenvalue weighted by atomic mass is 10.2. The van der Waals surface area contributed by atoms with Crippen molar-refractivity contribution < 1.29 is 23.0 Å². The van der Waals surface area contributed by atoms with Crippen LogP contribution in [-0.4, -0.2) is 29.1 Å². The summed E-state index contributed by atoms with van der Waals surface area (Å²) in [6.45, 7) is -0.528. The van der Waals surface area contributed by atoms with Gasteiger partial charge in [0.05, 0.1) is 6.61 Å². The van der Waals surface area contributed by atoms with Crippen LogP contribution in [0, 0.1) is 0 Å². The number of nitrogens with zero attached hydrogens (tertiary/aromatic N) is 1. The van der Waals surface area contributed by atoms with Crippen molar-refractivity contribution in [1.82, 2.24) is 4.57 Å². The van der Waals surface area contributed by atoms with Crippen LogP contribution in [-0.2, 0) is 17.9 Å². The Labute approximate surface area is 114 Å². The molecule has 0 saturated carbocycles. The summed E-state index contributed by atoms with van der Waals surface area (Å²) in [4.78, 5) is 0. The number of alkyl halides is 3. The zero-order valence-electron chi connectivity index (χ0n) is 10.9. The van der Waals surface area contributed by atoms with Gasteiger partial charge in [-0.3, -0.25) is 0 Å². The molecule has 6 heteroatoms. The van der Waals surface area contributed by atoms with Crippen molar-refractivity contribution in [2.45, 2.75) is 25.7 Å². The summed E-state index contributed by atoms with van der Waals surface area (Å²) in [5, 5.41) is 10.1. The van der Waals surface area contributed by atoms with Crippen LogP contribution < -0.4 is 0 Å². The van der Waals surface area contributed by atoms with Crippen molar-refractivity contribution in [1.29, 1.82) is 0 Å². The van der Waals surface area contributed by atoms with Gasteiger partial charge in [0.15, 0.2) is 0 Å². The number of hydrogen-bond acceptors (Lipinski definition) is 2. The number of aromatic nitrogens is 1. The first-order chi connectivity index (χ1) is 9.49. The highest BCUT2D eigenvalue weighted by Crippen LogP contribution is 2.18. The topological polar surface area (TPSA) is 34.4 Å². The quantitative estimate of drug-likeness (QED) is 0.828. The van der Waals surface area contributed by atoms with Gasteiger partial charge in [-0.1, -0.05) is 6.07 Å². The number of ether oxygens (including phenoxy) is 1. The summed E-state index contributed by atoms with van der Waals surface area (Å²) in [6, 6.07) is 7.55. The molecule has 0 amide bonds. The van der Waals surface area contributed by atoms with E-state index in [0.717, 1.165) is 16.5 Å². The highest BCUT2D eigenvalue weighted by molar-refractivity contribution is 5.80. The molecule has 0 aliphatic carbocycles. The molecule has 110 valence electrons. The van der Waals surface area contributed by atoms with E-state index in [2.05, 4.69) is 4.74 Å². The third-order valence-corrected chi connectivity index (χ3v) is 2.97. The predicted octanol–water partition coefficient (Wildman–Crippen LogP) is 3.10. The zero-order valence-corrected chi connectivity index (χ0v) is 10.9. The number of halogens is 3. The number of aryl methyl sites for hydroxylation is 1. The summed E-state index contributed by atoms with van der Waals surface area (Å²) < 4.78 is 42.2. The molecule has 1 heterocycles. The molecule has 0 spiro atoms. The smallest absolute Gasteiger partial charge is 0.392 e. The first-order valence-electron chi connectivity index (χ1n) is 6.33. The number of benzene rings is 1. The van der Waals surface area contributed by atoms with Gasteiger partial charge < -0.3 is 14.4 Å². The molecule has 0 saturated heterocycles. The van der Waals surface area contributed by atoms with E-state index >= 15 is 0 Å². The maximum atomic E-state index is 11.9. The molecule has 0 aliphatic heterocycles. The molecular weight excluding hydrogens is 271 g/mol. The van der Waals surface area contributed by atoms with Gasteiger partial charge >= 0.3 is 6.18 Å². The maximum absolute atomic E-state index is 11.9. The summed E-state index contributed by atoms with van der Waals surface area (Å²) in [5.74, 6) is 0. The molecule has 0 atom stereocenters. The largest absolute Gasteiger partial charge is 0.411 e. The van der Waals surface area contributed by atoms with Gasteiger partial charge in [-0.15, -0.1) is 0 Å². The van der Waals surface area contributed by atoms with Crippen LogP contribution in [0.2, 0.25) is 0 Å². The number of aliphatic hydroxyl groups is 1. The Morgan fingerprint density at radius 3 is 2.70 bits per heavy atom. The van der Waals surface area contributed by atoms with Crippen molar-refractivity contribution in [2.75, 3.05) is 13.2 Å². The lowest BCUT2D eigenvalue weighted by Crippen LogP contribution is -2.17. The Hall–Kier alpha value is -1.53. The molecule has 2 rings (SSSR count). The Morgan fingerprint density at radius 2 is 2.00 bits per heavy atom. The van der Waals surface area contributed by atoms with E-state index in [0.29, 0.717) is 13.0 Å². The Kier molecular flexibility index (Phi) is 4.67. The van der Waals surface area contributed by atoms with E-state index in [1.54, 1.807) is 0 Å². The lowest BCUT2D eigenvalue weighted by Gasteiger charge is -2.09. The average Bonchev–Trinajstić information content (AvgIpc) is 2.79. The molecular formula is C14H16F3NO2. The molecule has 1 aromatic heterocycles. The molecule has 20 heavy (non-hydrogen) atoms. The van der Waals surface area contributed by atoms with Gasteiger partial charge in [-0.05, 0) is 35.6 Å². The first-order valence-corrected chi connectivity index (χ1v) is 6.33. The van der Waals surface area contributed by atoms with Crippen LogP contribution in [0.5, 0.6) is 0 Å². The fourth-order valence-electron chi connectivity index (χ4n) is 2.07. The minimum Gasteiger partial charge on any atom is -0.392 e. The Balaban J connectivity index is 1.87. The van der Waals surface area contributed by atoms with Gasteiger partial charge in [-0.25, -0.2) is 0 Å². The second kappa shape index (κ2) is 6.28. The highest BCUT2D eigenvalue weighted by Gasteiger charge is 2.27. The highest BCUT2D eigenvalue weighted by atomic mass is 19.4. The molecule has 0 aliphatic rings. The van der Waals surface area contributed by atoms with Gasteiger partial charge in [0.1, 0.15) is 6.61 Å². The number of fused-ring (bicyclic) bond motifs is 1. The zero-order chi connectivity index (χ0) is 14.6. The number of aliphatic hydroxyl groups excluding tert-OH is 1. The normalized spacial score (nSPS) is 12.2. The lowest BCUT2D eigenvalue weighted by molar-refractivity contribution is -0.174. The van der Waals surface area contributed by atoms with Crippen LogP contribution in [0.1, 0.15) is 12.0 Å². The second-order valence-electron chi connectivity index (χ2n) is 4.58. The number of rotatable bonds is 6. The summed E-state index contributed by atoms with van der Waals surface area (Å²) >= 11 is 0. The molecule has 0 fully saturated rings. The SMILES string of the molecule is OCc1ccc2c(ccn2CCCOCC(F)(F)F)c1. The first kappa shape index (κ1) is 14.9. The average molecular weight is 287 g/mol. The van der Waals surface area contributed by atoms with Crippen LogP contribution in [0.15, 0.2) is 30.5 Å². The fraction of sp³-hybridized carbons (Fsp3) is 0.429. The van der Waals surface area contributed by atoms with Gasteiger partial charge in [0.25, 0.3) is 0 Å². The Bertz CT molecular complexity index is 563. The monoisotopic (exact) mass is 287 g/mol. The van der Waals surface area contributed by atoms with E-state index in [1.807, 2.05) is 35.0 Å². The molecule has 1 N–H and O–H groups in total. The van der Waals surface area contributed by atoms with E-state index in [4.69, 9.17) is 5.11 Å². The summed E-state index contributed by atoms with van der Waals surface area (Å²) in [5.41, 5.74) is 1.83. The van der Waals surface area contributed by atoms with Crippen LogP contribution in [0.4, 0.5) is 13.2 Å². The van der Waals surface area contributed by atoms with Crippen molar-refractivity contribution in [2.24, 2.45) is 0 Å². The van der Waals surface area contributed by atoms with Crippen molar-refractivity contribution >= 4 is 10.9 Å². The molecule has 2 aromatic rings. The van der Waals surface area contributed by atoms with Crippen molar-refractivity contribution in [3.63, 3.8) is 0 Å². The van der Waals surface area contributed by atoms with Gasteiger partial charge in [0.2, 0.25) is 0 Å². The summed E-state index contributed by atoms with van der Waals surface area (Å²) in [7, 11) is 0. The van der Waals surface area contributed by atoms with Crippen LogP contribution in [0.3, 0.4) is 0 Å². The van der Waals surface area contributed by atoms with E-state index in [-0.39, 0.29) is 13.2 Å².